The van der Waals surface area contributed by atoms with E-state index in [4.69, 9.17) is 14.6 Å². The number of hydrogen-bond donors (Lipinski definition) is 1. The fourth-order valence-electron chi connectivity index (χ4n) is 3.02. The first-order valence-corrected chi connectivity index (χ1v) is 11.3. The zero-order valence-corrected chi connectivity index (χ0v) is 19.2. The Morgan fingerprint density at radius 1 is 0.971 bits per heavy atom. The molecule has 0 radical (unpaired) electrons. The number of hydrogen-bond acceptors (Lipinski definition) is 4. The van der Waals surface area contributed by atoms with Gasteiger partial charge in [0, 0.05) is 10.6 Å². The molecule has 0 aliphatic carbocycles. The minimum absolute atomic E-state index is 0.214. The molecule has 4 nitrogen and oxygen atoms in total. The average Bonchev–Trinajstić information content (AvgIpc) is 2.80. The summed E-state index contributed by atoms with van der Waals surface area (Å²) >= 11 is 1.57. The highest BCUT2D eigenvalue weighted by Crippen LogP contribution is 2.31. The number of aryl methyl sites for hydroxylation is 1. The smallest absolute Gasteiger partial charge is 0.416 e. The van der Waals surface area contributed by atoms with Crippen LogP contribution in [0.1, 0.15) is 16.7 Å². The highest BCUT2D eigenvalue weighted by atomic mass is 32.2. The number of aliphatic carboxylic acids is 1. The van der Waals surface area contributed by atoms with Crippen molar-refractivity contribution >= 4 is 23.8 Å². The topological polar surface area (TPSA) is 55.8 Å². The van der Waals surface area contributed by atoms with Gasteiger partial charge in [0.05, 0.1) is 5.56 Å². The van der Waals surface area contributed by atoms with Crippen molar-refractivity contribution in [1.82, 2.24) is 0 Å². The van der Waals surface area contributed by atoms with Gasteiger partial charge in [-0.05, 0) is 66.1 Å². The van der Waals surface area contributed by atoms with E-state index in [0.29, 0.717) is 17.3 Å². The predicted octanol–water partition coefficient (Wildman–Crippen LogP) is 6.73. The first-order chi connectivity index (χ1) is 16.2. The summed E-state index contributed by atoms with van der Waals surface area (Å²) in [7, 11) is 0. The summed E-state index contributed by atoms with van der Waals surface area (Å²) < 4.78 is 49.4. The number of rotatable bonds is 10. The van der Waals surface area contributed by atoms with E-state index in [1.54, 1.807) is 17.8 Å². The average molecular weight is 489 g/mol. The van der Waals surface area contributed by atoms with Crippen LogP contribution in [0.2, 0.25) is 0 Å². The third-order valence-corrected chi connectivity index (χ3v) is 5.80. The third-order valence-electron chi connectivity index (χ3n) is 4.70. The second kappa shape index (κ2) is 11.7. The van der Waals surface area contributed by atoms with Gasteiger partial charge in [-0.2, -0.15) is 13.2 Å². The number of halogens is 3. The first kappa shape index (κ1) is 25.2. The van der Waals surface area contributed by atoms with Gasteiger partial charge in [-0.3, -0.25) is 0 Å². The van der Waals surface area contributed by atoms with Crippen molar-refractivity contribution in [2.75, 3.05) is 19.0 Å². The van der Waals surface area contributed by atoms with Gasteiger partial charge in [0.25, 0.3) is 0 Å². The van der Waals surface area contributed by atoms with Gasteiger partial charge in [-0.15, -0.1) is 11.8 Å². The molecule has 0 saturated carbocycles. The molecule has 178 valence electrons. The quantitative estimate of drug-likeness (QED) is 0.321. The van der Waals surface area contributed by atoms with Crippen molar-refractivity contribution in [3.05, 3.63) is 95.1 Å². The van der Waals surface area contributed by atoms with Gasteiger partial charge in [0.15, 0.2) is 6.61 Å². The summed E-state index contributed by atoms with van der Waals surface area (Å²) in [4.78, 5) is 11.7. The van der Waals surface area contributed by atoms with Crippen LogP contribution in [0.25, 0.3) is 6.08 Å². The fourth-order valence-corrected chi connectivity index (χ4v) is 3.96. The Morgan fingerprint density at radius 3 is 2.29 bits per heavy atom. The van der Waals surface area contributed by atoms with Gasteiger partial charge in [-0.25, -0.2) is 4.79 Å². The van der Waals surface area contributed by atoms with Crippen LogP contribution in [0.4, 0.5) is 13.2 Å². The van der Waals surface area contributed by atoms with Gasteiger partial charge in [0.2, 0.25) is 0 Å². The van der Waals surface area contributed by atoms with Gasteiger partial charge < -0.3 is 14.6 Å². The predicted molar refractivity (Wildman–Crippen MR) is 126 cm³/mol. The van der Waals surface area contributed by atoms with Crippen molar-refractivity contribution in [1.29, 1.82) is 0 Å². The maximum absolute atomic E-state index is 12.8. The highest BCUT2D eigenvalue weighted by Gasteiger charge is 2.30. The van der Waals surface area contributed by atoms with E-state index in [9.17, 15) is 18.0 Å². The molecule has 0 heterocycles. The van der Waals surface area contributed by atoms with E-state index in [1.807, 2.05) is 55.5 Å². The van der Waals surface area contributed by atoms with E-state index in [0.717, 1.165) is 33.7 Å². The molecule has 1 N–H and O–H groups in total. The van der Waals surface area contributed by atoms with Crippen molar-refractivity contribution < 1.29 is 32.5 Å². The molecule has 3 aromatic rings. The Labute approximate surface area is 200 Å². The largest absolute Gasteiger partial charge is 0.489 e. The van der Waals surface area contributed by atoms with Gasteiger partial charge in [0.1, 0.15) is 18.1 Å². The molecule has 34 heavy (non-hydrogen) atoms. The maximum Gasteiger partial charge on any atom is 0.416 e. The Morgan fingerprint density at radius 2 is 1.68 bits per heavy atom. The van der Waals surface area contributed by atoms with Crippen LogP contribution in [-0.4, -0.2) is 30.0 Å². The number of ether oxygens (including phenoxy) is 2. The summed E-state index contributed by atoms with van der Waals surface area (Å²) in [5.41, 5.74) is 2.03. The number of carbonyl (C=O) groups is 1. The number of carboxylic acid groups (broad SMARTS) is 1. The molecular weight excluding hydrogens is 465 g/mol. The zero-order valence-electron chi connectivity index (χ0n) is 18.3. The summed E-state index contributed by atoms with van der Waals surface area (Å²) in [6.07, 6.45) is -2.39. The molecule has 8 heteroatoms. The van der Waals surface area contributed by atoms with Crippen LogP contribution in [0.3, 0.4) is 0 Å². The SMILES string of the molecule is Cc1cc(SC/C(=C\c2ccccc2)COc2ccc(C(F)(F)F)cc2)ccc1OCC(=O)O. The normalized spacial score (nSPS) is 11.8. The van der Waals surface area contributed by atoms with Gasteiger partial charge in [-0.1, -0.05) is 36.4 Å². The molecule has 0 aliphatic rings. The van der Waals surface area contributed by atoms with Crippen LogP contribution in [0.5, 0.6) is 11.5 Å². The molecule has 0 saturated heterocycles. The Bertz CT molecular complexity index is 1130. The van der Waals surface area contributed by atoms with Crippen molar-refractivity contribution in [3.63, 3.8) is 0 Å². The second-order valence-electron chi connectivity index (χ2n) is 7.42. The molecule has 0 spiro atoms. The van der Waals surface area contributed by atoms with E-state index in [-0.39, 0.29) is 6.61 Å². The van der Waals surface area contributed by atoms with Crippen LogP contribution in [0, 0.1) is 6.92 Å². The number of carboxylic acids is 1. The lowest BCUT2D eigenvalue weighted by Crippen LogP contribution is -2.10. The summed E-state index contributed by atoms with van der Waals surface area (Å²) in [6, 6.07) is 19.8. The molecule has 3 rings (SSSR count). The molecule has 0 aromatic heterocycles. The molecule has 0 fully saturated rings. The van der Waals surface area contributed by atoms with E-state index < -0.39 is 24.3 Å². The lowest BCUT2D eigenvalue weighted by Gasteiger charge is -2.13. The Balaban J connectivity index is 1.68. The highest BCUT2D eigenvalue weighted by molar-refractivity contribution is 7.99. The van der Waals surface area contributed by atoms with Crippen LogP contribution in [0.15, 0.2) is 83.3 Å². The first-order valence-electron chi connectivity index (χ1n) is 10.3. The van der Waals surface area contributed by atoms with Gasteiger partial charge >= 0.3 is 12.1 Å². The Hall–Kier alpha value is -3.39. The minimum atomic E-state index is -4.39. The molecule has 0 atom stereocenters. The molecule has 0 bridgehead atoms. The second-order valence-corrected chi connectivity index (χ2v) is 8.47. The summed E-state index contributed by atoms with van der Waals surface area (Å²) in [5, 5.41) is 8.77. The maximum atomic E-state index is 12.8. The lowest BCUT2D eigenvalue weighted by atomic mass is 10.1. The molecular formula is C26H23F3O4S. The molecule has 0 amide bonds. The number of thioether (sulfide) groups is 1. The van der Waals surface area contributed by atoms with E-state index in [1.165, 1.54) is 12.1 Å². The van der Waals surface area contributed by atoms with Crippen molar-refractivity contribution in [2.45, 2.75) is 18.0 Å². The van der Waals surface area contributed by atoms with E-state index >= 15 is 0 Å². The zero-order chi connectivity index (χ0) is 24.6. The Kier molecular flexibility index (Phi) is 8.65. The van der Waals surface area contributed by atoms with Crippen LogP contribution in [-0.2, 0) is 11.0 Å². The molecule has 0 aliphatic heterocycles. The third kappa shape index (κ3) is 7.88. The van der Waals surface area contributed by atoms with Crippen LogP contribution >= 0.6 is 11.8 Å². The van der Waals surface area contributed by atoms with Crippen molar-refractivity contribution in [3.8, 4) is 11.5 Å². The molecule has 0 unspecified atom stereocenters. The lowest BCUT2D eigenvalue weighted by molar-refractivity contribution is -0.139. The fraction of sp³-hybridized carbons (Fsp3) is 0.192. The number of benzene rings is 3. The monoisotopic (exact) mass is 488 g/mol. The summed E-state index contributed by atoms with van der Waals surface area (Å²) in [6.45, 7) is 1.65. The van der Waals surface area contributed by atoms with Crippen molar-refractivity contribution in [2.24, 2.45) is 0 Å². The standard InChI is InChI=1S/C26H23F3O4S/c1-18-13-23(11-12-24(18)33-16-25(30)31)34-17-20(14-19-5-3-2-4-6-19)15-32-22-9-7-21(8-10-22)26(27,28)29/h2-14H,15-17H2,1H3,(H,30,31)/b20-14-. The molecule has 3 aromatic carbocycles. The number of alkyl halides is 3. The van der Waals surface area contributed by atoms with Crippen LogP contribution < -0.4 is 9.47 Å². The summed E-state index contributed by atoms with van der Waals surface area (Å²) in [5.74, 6) is 0.413. The minimum Gasteiger partial charge on any atom is -0.489 e. The van der Waals surface area contributed by atoms with E-state index in [2.05, 4.69) is 0 Å².